The maximum absolute atomic E-state index is 14.0. The molecule has 0 saturated heterocycles. The van der Waals surface area contributed by atoms with Crippen molar-refractivity contribution in [3.05, 3.63) is 45.2 Å². The molecule has 1 aromatic heterocycles. The Morgan fingerprint density at radius 1 is 1.42 bits per heavy atom. The Labute approximate surface area is 194 Å². The molecule has 1 fully saturated rings. The first-order valence-corrected chi connectivity index (χ1v) is 13.0. The highest BCUT2D eigenvalue weighted by atomic mass is 79.9. The first kappa shape index (κ1) is 24.2. The van der Waals surface area contributed by atoms with Crippen LogP contribution in [0.15, 0.2) is 22.7 Å². The smallest absolute Gasteiger partial charge is 0.273 e. The van der Waals surface area contributed by atoms with E-state index in [4.69, 9.17) is 11.6 Å². The lowest BCUT2D eigenvalue weighted by Gasteiger charge is -2.35. The van der Waals surface area contributed by atoms with Crippen molar-refractivity contribution in [3.63, 3.8) is 0 Å². The molecule has 1 aliphatic rings. The summed E-state index contributed by atoms with van der Waals surface area (Å²) in [6.45, 7) is 1.80. The molecule has 11 heteroatoms. The van der Waals surface area contributed by atoms with Crippen molar-refractivity contribution >= 4 is 43.3 Å². The van der Waals surface area contributed by atoms with Crippen molar-refractivity contribution < 1.29 is 22.7 Å². The molecule has 1 saturated carbocycles. The van der Waals surface area contributed by atoms with E-state index >= 15 is 0 Å². The highest BCUT2D eigenvalue weighted by Crippen LogP contribution is 2.31. The molecule has 7 nitrogen and oxygen atoms in total. The lowest BCUT2D eigenvalue weighted by molar-refractivity contribution is 0.00607. The largest absolute Gasteiger partial charge is 0.388 e. The Morgan fingerprint density at radius 2 is 2.06 bits per heavy atom. The van der Waals surface area contributed by atoms with Crippen molar-refractivity contribution in [1.82, 2.24) is 14.9 Å². The van der Waals surface area contributed by atoms with E-state index in [1.54, 1.807) is 12.1 Å². The highest BCUT2D eigenvalue weighted by Gasteiger charge is 2.37. The van der Waals surface area contributed by atoms with Gasteiger partial charge in [-0.25, -0.2) is 17.8 Å². The summed E-state index contributed by atoms with van der Waals surface area (Å²) in [4.78, 5) is 17.1. The van der Waals surface area contributed by atoms with E-state index in [9.17, 15) is 22.7 Å². The van der Waals surface area contributed by atoms with Crippen molar-refractivity contribution in [2.75, 3.05) is 12.8 Å². The van der Waals surface area contributed by atoms with E-state index in [-0.39, 0.29) is 30.2 Å². The number of carbonyl (C=O) groups is 1. The van der Waals surface area contributed by atoms with E-state index in [1.807, 2.05) is 6.92 Å². The van der Waals surface area contributed by atoms with Gasteiger partial charge < -0.3 is 10.4 Å². The number of nitrogens with one attached hydrogen (secondary N) is 1. The predicted octanol–water partition coefficient (Wildman–Crippen LogP) is 3.44. The number of carbonyl (C=O) groups excluding carboxylic acids is 1. The zero-order valence-corrected chi connectivity index (χ0v) is 20.3. The number of nitrogens with zero attached hydrogens (tertiary/aromatic N) is 2. The highest BCUT2D eigenvalue weighted by molar-refractivity contribution is 9.10. The topological polar surface area (TPSA) is 101 Å². The molecule has 0 bridgehead atoms. The summed E-state index contributed by atoms with van der Waals surface area (Å²) in [5, 5.41) is 13.0. The van der Waals surface area contributed by atoms with E-state index in [0.717, 1.165) is 0 Å². The molecule has 0 unspecified atom stereocenters. The normalized spacial score (nSPS) is 21.8. The molecule has 1 amide bonds. The van der Waals surface area contributed by atoms with Crippen LogP contribution in [0.25, 0.3) is 5.69 Å². The average molecular weight is 537 g/mol. The van der Waals surface area contributed by atoms with Crippen LogP contribution in [0.3, 0.4) is 0 Å². The van der Waals surface area contributed by atoms with Crippen molar-refractivity contribution in [1.29, 1.82) is 0 Å². The molecule has 2 N–H and O–H groups in total. The Kier molecular flexibility index (Phi) is 7.15. The van der Waals surface area contributed by atoms with Gasteiger partial charge in [0.15, 0.2) is 5.69 Å². The standard InChI is InChI=1S/C20H24BrClFN3O4S/c1-3-16-25-17(18(22)26(16)12-4-5-14(21)15(23)10-12)19(27)24-11-20(28)8-6-13(7-9-20)31(2,29)30/h4-5,10,13,28H,3,6-9,11H2,1-2H3,(H,24,27)/t13-,20-. The minimum Gasteiger partial charge on any atom is -0.388 e. The van der Waals surface area contributed by atoms with Gasteiger partial charge in [-0.1, -0.05) is 18.5 Å². The summed E-state index contributed by atoms with van der Waals surface area (Å²) in [5.41, 5.74) is -0.768. The Morgan fingerprint density at radius 3 is 2.61 bits per heavy atom. The van der Waals surface area contributed by atoms with Crippen LogP contribution in [0.1, 0.15) is 48.9 Å². The second-order valence-electron chi connectivity index (χ2n) is 7.89. The molecule has 3 rings (SSSR count). The van der Waals surface area contributed by atoms with Crippen molar-refractivity contribution in [2.45, 2.75) is 49.9 Å². The Bertz CT molecular complexity index is 1100. The average Bonchev–Trinajstić information content (AvgIpc) is 3.04. The minimum absolute atomic E-state index is 0.0183. The maximum atomic E-state index is 14.0. The molecule has 0 spiro atoms. The second kappa shape index (κ2) is 9.17. The quantitative estimate of drug-likeness (QED) is 0.589. The number of aliphatic hydroxyl groups is 1. The summed E-state index contributed by atoms with van der Waals surface area (Å²) in [7, 11) is -3.15. The first-order valence-electron chi connectivity index (χ1n) is 9.87. The Balaban J connectivity index is 1.75. The van der Waals surface area contributed by atoms with Gasteiger partial charge in [0.05, 0.1) is 21.0 Å². The molecule has 1 heterocycles. The van der Waals surface area contributed by atoms with Gasteiger partial charge in [-0.05, 0) is 59.8 Å². The summed E-state index contributed by atoms with van der Waals surface area (Å²) in [6, 6.07) is 4.49. The number of aryl methyl sites for hydroxylation is 1. The van der Waals surface area contributed by atoms with E-state index in [1.165, 1.54) is 16.9 Å². The fourth-order valence-corrected chi connectivity index (χ4v) is 5.44. The molecule has 0 radical (unpaired) electrons. The number of rotatable bonds is 6. The summed E-state index contributed by atoms with van der Waals surface area (Å²) >= 11 is 9.54. The summed E-state index contributed by atoms with van der Waals surface area (Å²) in [6.07, 6.45) is 2.88. The number of sulfone groups is 1. The lowest BCUT2D eigenvalue weighted by atomic mass is 9.84. The molecular weight excluding hydrogens is 513 g/mol. The van der Waals surface area contributed by atoms with Gasteiger partial charge in [-0.15, -0.1) is 0 Å². The molecule has 170 valence electrons. The number of imidazole rings is 1. The van der Waals surface area contributed by atoms with Gasteiger partial charge in [0.1, 0.15) is 26.6 Å². The zero-order valence-electron chi connectivity index (χ0n) is 17.2. The van der Waals surface area contributed by atoms with Crippen LogP contribution in [-0.2, 0) is 16.3 Å². The van der Waals surface area contributed by atoms with Gasteiger partial charge in [-0.3, -0.25) is 9.36 Å². The number of hydrogen-bond acceptors (Lipinski definition) is 5. The summed E-state index contributed by atoms with van der Waals surface area (Å²) < 4.78 is 39.2. The predicted molar refractivity (Wildman–Crippen MR) is 120 cm³/mol. The van der Waals surface area contributed by atoms with Crippen LogP contribution >= 0.6 is 27.5 Å². The number of halogens is 3. The van der Waals surface area contributed by atoms with Crippen LogP contribution in [0.4, 0.5) is 4.39 Å². The summed E-state index contributed by atoms with van der Waals surface area (Å²) in [5.74, 6) is -0.541. The van der Waals surface area contributed by atoms with Crippen molar-refractivity contribution in [2.24, 2.45) is 0 Å². The fraction of sp³-hybridized carbons (Fsp3) is 0.500. The fourth-order valence-electron chi connectivity index (χ4n) is 3.77. The van der Waals surface area contributed by atoms with Gasteiger partial charge in [0, 0.05) is 19.2 Å². The van der Waals surface area contributed by atoms with E-state index in [2.05, 4.69) is 26.2 Å². The van der Waals surface area contributed by atoms with Gasteiger partial charge in [0.25, 0.3) is 5.91 Å². The zero-order chi connectivity index (χ0) is 23.0. The first-order chi connectivity index (χ1) is 14.4. The molecule has 31 heavy (non-hydrogen) atoms. The lowest BCUT2D eigenvalue weighted by Crippen LogP contribution is -2.47. The number of amides is 1. The number of aromatic nitrogens is 2. The molecular formula is C20H24BrClFN3O4S. The number of benzene rings is 1. The van der Waals surface area contributed by atoms with Crippen LogP contribution in [0.2, 0.25) is 5.15 Å². The molecule has 0 aliphatic heterocycles. The van der Waals surface area contributed by atoms with Crippen molar-refractivity contribution in [3.8, 4) is 5.69 Å². The Hall–Kier alpha value is -1.49. The van der Waals surface area contributed by atoms with Crippen LogP contribution < -0.4 is 5.32 Å². The van der Waals surface area contributed by atoms with Gasteiger partial charge in [-0.2, -0.15) is 0 Å². The molecule has 1 aliphatic carbocycles. The van der Waals surface area contributed by atoms with Gasteiger partial charge >= 0.3 is 0 Å². The molecule has 1 aromatic carbocycles. The van der Waals surface area contributed by atoms with Crippen LogP contribution in [0, 0.1) is 5.82 Å². The van der Waals surface area contributed by atoms with Crippen LogP contribution in [-0.4, -0.2) is 52.6 Å². The monoisotopic (exact) mass is 535 g/mol. The third-order valence-corrected chi connectivity index (χ3v) is 8.30. The van der Waals surface area contributed by atoms with Gasteiger partial charge in [0.2, 0.25) is 0 Å². The second-order valence-corrected chi connectivity index (χ2v) is 11.4. The maximum Gasteiger partial charge on any atom is 0.273 e. The third-order valence-electron chi connectivity index (χ3n) is 5.63. The van der Waals surface area contributed by atoms with E-state index < -0.39 is 32.4 Å². The van der Waals surface area contributed by atoms with Crippen LogP contribution in [0.5, 0.6) is 0 Å². The molecule has 2 aromatic rings. The molecule has 0 atom stereocenters. The van der Waals surface area contributed by atoms with E-state index in [0.29, 0.717) is 35.2 Å². The minimum atomic E-state index is -3.15. The third kappa shape index (κ3) is 5.30. The SMILES string of the molecule is CCc1nc(C(=O)NC[C@]2(O)CC[C@H](S(C)(=O)=O)CC2)c(Cl)n1-c1ccc(Br)c(F)c1. The number of hydrogen-bond donors (Lipinski definition) is 2.